The van der Waals surface area contributed by atoms with Crippen LogP contribution in [0.3, 0.4) is 0 Å². The van der Waals surface area contributed by atoms with Crippen LogP contribution < -0.4 is 5.32 Å². The van der Waals surface area contributed by atoms with Crippen molar-refractivity contribution < 1.29 is 0 Å². The van der Waals surface area contributed by atoms with Crippen LogP contribution in [0.2, 0.25) is 0 Å². The second kappa shape index (κ2) is 7.31. The lowest BCUT2D eigenvalue weighted by atomic mass is 10.0. The number of benzene rings is 1. The van der Waals surface area contributed by atoms with E-state index in [1.54, 1.807) is 6.20 Å². The Morgan fingerprint density at radius 1 is 0.846 bits per heavy atom. The van der Waals surface area contributed by atoms with E-state index in [0.29, 0.717) is 0 Å². The van der Waals surface area contributed by atoms with Gasteiger partial charge in [-0.1, -0.05) is 24.3 Å². The van der Waals surface area contributed by atoms with E-state index in [1.165, 1.54) is 16.7 Å². The number of aryl methyl sites for hydroxylation is 1. The molecule has 3 heterocycles. The molecule has 0 aliphatic rings. The van der Waals surface area contributed by atoms with Crippen LogP contribution in [0, 0.1) is 6.92 Å². The molecule has 4 heteroatoms. The summed E-state index contributed by atoms with van der Waals surface area (Å²) in [6, 6.07) is 16.9. The highest BCUT2D eigenvalue weighted by Crippen LogP contribution is 2.21. The van der Waals surface area contributed by atoms with Crippen LogP contribution in [0.5, 0.6) is 0 Å². The Morgan fingerprint density at radius 3 is 2.50 bits per heavy atom. The quantitative estimate of drug-likeness (QED) is 0.574. The van der Waals surface area contributed by atoms with Crippen LogP contribution in [0.15, 0.2) is 73.3 Å². The summed E-state index contributed by atoms with van der Waals surface area (Å²) in [6.07, 6.45) is 8.28. The standard InChI is InChI=1S/C22H20N4/c1-16-14-20(9-12-24-16)18-4-2-17(3-5-18)6-11-25-22-21-15-23-10-7-19(21)8-13-26-22/h2-5,7-10,12-15H,6,11H2,1H3,(H,25,26). The molecule has 1 aromatic carbocycles. The van der Waals surface area contributed by atoms with Crippen LogP contribution in [0.4, 0.5) is 5.82 Å². The summed E-state index contributed by atoms with van der Waals surface area (Å²) in [6.45, 7) is 2.84. The minimum Gasteiger partial charge on any atom is -0.369 e. The Bertz CT molecular complexity index is 1020. The molecule has 3 aromatic heterocycles. The molecule has 4 nitrogen and oxygen atoms in total. The maximum absolute atomic E-state index is 4.44. The fraction of sp³-hybridized carbons (Fsp3) is 0.136. The number of anilines is 1. The Morgan fingerprint density at radius 2 is 1.65 bits per heavy atom. The van der Waals surface area contributed by atoms with Crippen molar-refractivity contribution in [1.82, 2.24) is 15.0 Å². The van der Waals surface area contributed by atoms with E-state index in [9.17, 15) is 0 Å². The van der Waals surface area contributed by atoms with E-state index in [0.717, 1.165) is 35.2 Å². The smallest absolute Gasteiger partial charge is 0.135 e. The molecule has 0 aliphatic heterocycles. The van der Waals surface area contributed by atoms with Crippen LogP contribution >= 0.6 is 0 Å². The average Bonchev–Trinajstić information content (AvgIpc) is 2.69. The number of pyridine rings is 3. The van der Waals surface area contributed by atoms with Gasteiger partial charge in [0.2, 0.25) is 0 Å². The molecule has 4 aromatic rings. The van der Waals surface area contributed by atoms with Crippen molar-refractivity contribution in [2.45, 2.75) is 13.3 Å². The molecule has 128 valence electrons. The minimum atomic E-state index is 0.828. The molecule has 1 N–H and O–H groups in total. The van der Waals surface area contributed by atoms with Gasteiger partial charge in [0.05, 0.1) is 0 Å². The Kier molecular flexibility index (Phi) is 4.56. The zero-order chi connectivity index (χ0) is 17.8. The van der Waals surface area contributed by atoms with Gasteiger partial charge in [0.15, 0.2) is 0 Å². The van der Waals surface area contributed by atoms with Gasteiger partial charge < -0.3 is 5.32 Å². The van der Waals surface area contributed by atoms with Crippen molar-refractivity contribution in [2.75, 3.05) is 11.9 Å². The summed E-state index contributed by atoms with van der Waals surface area (Å²) < 4.78 is 0. The lowest BCUT2D eigenvalue weighted by molar-refractivity contribution is 1.01. The van der Waals surface area contributed by atoms with Crippen LogP contribution in [-0.4, -0.2) is 21.5 Å². The number of nitrogens with one attached hydrogen (secondary N) is 1. The molecule has 0 spiro atoms. The summed E-state index contributed by atoms with van der Waals surface area (Å²) >= 11 is 0. The van der Waals surface area contributed by atoms with Gasteiger partial charge in [-0.25, -0.2) is 4.98 Å². The predicted molar refractivity (Wildman–Crippen MR) is 106 cm³/mol. The van der Waals surface area contributed by atoms with Crippen molar-refractivity contribution in [3.8, 4) is 11.1 Å². The molecule has 4 rings (SSSR count). The molecule has 0 unspecified atom stereocenters. The van der Waals surface area contributed by atoms with Crippen LogP contribution in [-0.2, 0) is 6.42 Å². The molecule has 26 heavy (non-hydrogen) atoms. The first-order valence-corrected chi connectivity index (χ1v) is 8.74. The number of nitrogens with zero attached hydrogens (tertiary/aromatic N) is 3. The topological polar surface area (TPSA) is 50.7 Å². The van der Waals surface area contributed by atoms with E-state index >= 15 is 0 Å². The number of hydrogen-bond acceptors (Lipinski definition) is 4. The van der Waals surface area contributed by atoms with Crippen molar-refractivity contribution in [1.29, 1.82) is 0 Å². The molecule has 0 amide bonds. The molecule has 0 aliphatic carbocycles. The van der Waals surface area contributed by atoms with Gasteiger partial charge in [-0.3, -0.25) is 9.97 Å². The third-order valence-corrected chi connectivity index (χ3v) is 4.46. The summed E-state index contributed by atoms with van der Waals surface area (Å²) in [5.74, 6) is 0.888. The van der Waals surface area contributed by atoms with Gasteiger partial charge >= 0.3 is 0 Å². The highest BCUT2D eigenvalue weighted by atomic mass is 15.0. The molecule has 0 saturated heterocycles. The summed E-state index contributed by atoms with van der Waals surface area (Å²) in [5.41, 5.74) is 4.75. The average molecular weight is 340 g/mol. The maximum atomic E-state index is 4.44. The fourth-order valence-corrected chi connectivity index (χ4v) is 3.07. The molecule has 0 saturated carbocycles. The van der Waals surface area contributed by atoms with E-state index < -0.39 is 0 Å². The monoisotopic (exact) mass is 340 g/mol. The molecule has 0 radical (unpaired) electrons. The summed E-state index contributed by atoms with van der Waals surface area (Å²) in [4.78, 5) is 12.9. The van der Waals surface area contributed by atoms with Gasteiger partial charge in [0, 0.05) is 42.4 Å². The molecule has 0 fully saturated rings. The van der Waals surface area contributed by atoms with Gasteiger partial charge in [-0.15, -0.1) is 0 Å². The zero-order valence-corrected chi connectivity index (χ0v) is 14.7. The van der Waals surface area contributed by atoms with Crippen molar-refractivity contribution in [2.24, 2.45) is 0 Å². The predicted octanol–water partition coefficient (Wildman–Crippen LogP) is 4.65. The highest BCUT2D eigenvalue weighted by Gasteiger charge is 2.03. The highest BCUT2D eigenvalue weighted by molar-refractivity contribution is 5.90. The van der Waals surface area contributed by atoms with Gasteiger partial charge in [-0.05, 0) is 59.7 Å². The Balaban J connectivity index is 1.42. The van der Waals surface area contributed by atoms with E-state index in [1.807, 2.05) is 43.7 Å². The van der Waals surface area contributed by atoms with Crippen LogP contribution in [0.1, 0.15) is 11.3 Å². The number of rotatable bonds is 5. The Hall–Kier alpha value is -3.27. The van der Waals surface area contributed by atoms with Gasteiger partial charge in [0.25, 0.3) is 0 Å². The third-order valence-electron chi connectivity index (χ3n) is 4.46. The number of aromatic nitrogens is 3. The molecule has 0 bridgehead atoms. The van der Waals surface area contributed by atoms with E-state index in [4.69, 9.17) is 0 Å². The van der Waals surface area contributed by atoms with Gasteiger partial charge in [0.1, 0.15) is 5.82 Å². The maximum Gasteiger partial charge on any atom is 0.135 e. The van der Waals surface area contributed by atoms with Gasteiger partial charge in [-0.2, -0.15) is 0 Å². The van der Waals surface area contributed by atoms with Crippen molar-refractivity contribution in [3.63, 3.8) is 0 Å². The fourth-order valence-electron chi connectivity index (χ4n) is 3.07. The van der Waals surface area contributed by atoms with Crippen molar-refractivity contribution >= 4 is 16.6 Å². The second-order valence-corrected chi connectivity index (χ2v) is 6.32. The Labute approximate surface area is 153 Å². The first kappa shape index (κ1) is 16.2. The SMILES string of the molecule is Cc1cc(-c2ccc(CCNc3nccc4ccncc34)cc2)ccn1. The van der Waals surface area contributed by atoms with E-state index in [-0.39, 0.29) is 0 Å². The minimum absolute atomic E-state index is 0.828. The first-order valence-electron chi connectivity index (χ1n) is 8.74. The number of fused-ring (bicyclic) bond motifs is 1. The third kappa shape index (κ3) is 3.54. The molecular formula is C22H20N4. The van der Waals surface area contributed by atoms with Crippen molar-refractivity contribution in [3.05, 3.63) is 84.6 Å². The normalized spacial score (nSPS) is 10.8. The van der Waals surface area contributed by atoms with E-state index in [2.05, 4.69) is 50.6 Å². The number of hydrogen-bond donors (Lipinski definition) is 1. The lowest BCUT2D eigenvalue weighted by Gasteiger charge is -2.09. The second-order valence-electron chi connectivity index (χ2n) is 6.32. The zero-order valence-electron chi connectivity index (χ0n) is 14.7. The van der Waals surface area contributed by atoms with Crippen LogP contribution in [0.25, 0.3) is 21.9 Å². The first-order chi connectivity index (χ1) is 12.8. The molecule has 0 atom stereocenters. The largest absolute Gasteiger partial charge is 0.369 e. The lowest BCUT2D eigenvalue weighted by Crippen LogP contribution is -2.06. The summed E-state index contributed by atoms with van der Waals surface area (Å²) in [7, 11) is 0. The summed E-state index contributed by atoms with van der Waals surface area (Å²) in [5, 5.41) is 5.63. The molecular weight excluding hydrogens is 320 g/mol.